The molecule has 274 valence electrons. The third kappa shape index (κ3) is 9.27. The van der Waals surface area contributed by atoms with Gasteiger partial charge >= 0.3 is 0 Å². The normalized spacial score (nSPS) is 18.8. The predicted octanol–water partition coefficient (Wildman–Crippen LogP) is 10.9. The summed E-state index contributed by atoms with van der Waals surface area (Å²) < 4.78 is 0. The van der Waals surface area contributed by atoms with Crippen LogP contribution in [0.2, 0.25) is 0 Å². The molecule has 2 aromatic carbocycles. The Hall–Kier alpha value is -4.55. The van der Waals surface area contributed by atoms with E-state index in [1.54, 1.807) is 12.4 Å². The first kappa shape index (κ1) is 38.7. The highest BCUT2D eigenvalue weighted by Gasteiger charge is 2.37. The molecule has 4 aromatic rings. The number of aryl methyl sites for hydroxylation is 1. The first-order valence-corrected chi connectivity index (χ1v) is 19.5. The molecule has 2 aliphatic heterocycles. The third-order valence-electron chi connectivity index (χ3n) is 10.8. The summed E-state index contributed by atoms with van der Waals surface area (Å²) in [5, 5.41) is 3.69. The number of aromatic nitrogens is 3. The maximum atomic E-state index is 4.60. The molecule has 2 saturated heterocycles. The Balaban J connectivity index is 0.00000126. The molecule has 3 aliphatic rings. The van der Waals surface area contributed by atoms with Crippen LogP contribution in [0.5, 0.6) is 0 Å². The van der Waals surface area contributed by atoms with E-state index in [4.69, 9.17) is 0 Å². The van der Waals surface area contributed by atoms with Gasteiger partial charge in [-0.15, -0.1) is 0 Å². The van der Waals surface area contributed by atoms with E-state index in [-0.39, 0.29) is 5.41 Å². The van der Waals surface area contributed by atoms with Crippen LogP contribution in [0.3, 0.4) is 0 Å². The number of nitrogens with zero attached hydrogens (tertiary/aromatic N) is 5. The van der Waals surface area contributed by atoms with Crippen molar-refractivity contribution in [1.82, 2.24) is 24.8 Å². The number of likely N-dealkylation sites (tertiary alicyclic amines) is 2. The SMILES string of the molecule is C=C(c1ccnc(C2CC2)c1)c1cc(NC(=C)C2(C)CCN(CC(=C)N3CCC(c4ccc(-c5ncccn5)cc4)CC3)C2)ccc1C.CC.CC. The number of nitrogens with one attached hydrogen (secondary N) is 1. The fourth-order valence-electron chi connectivity index (χ4n) is 7.42. The molecule has 0 bridgehead atoms. The van der Waals surface area contributed by atoms with E-state index in [0.717, 1.165) is 91.5 Å². The lowest BCUT2D eigenvalue weighted by Crippen LogP contribution is -2.37. The second-order valence-electron chi connectivity index (χ2n) is 14.4. The molecule has 0 amide bonds. The highest BCUT2D eigenvalue weighted by Crippen LogP contribution is 2.41. The average Bonchev–Trinajstić information content (AvgIpc) is 3.99. The molecule has 6 heteroatoms. The monoisotopic (exact) mass is 696 g/mol. The van der Waals surface area contributed by atoms with Crippen molar-refractivity contribution in [1.29, 1.82) is 0 Å². The molecule has 1 N–H and O–H groups in total. The van der Waals surface area contributed by atoms with Crippen LogP contribution in [0, 0.1) is 12.3 Å². The molecule has 7 rings (SSSR count). The van der Waals surface area contributed by atoms with Gasteiger partial charge in [-0.05, 0) is 110 Å². The minimum absolute atomic E-state index is 0.0173. The van der Waals surface area contributed by atoms with Crippen molar-refractivity contribution in [3.8, 4) is 11.4 Å². The molecule has 6 nitrogen and oxygen atoms in total. The molecule has 1 saturated carbocycles. The van der Waals surface area contributed by atoms with Crippen LogP contribution < -0.4 is 5.32 Å². The molecule has 4 heterocycles. The number of anilines is 1. The van der Waals surface area contributed by atoms with Crippen LogP contribution in [0.25, 0.3) is 17.0 Å². The van der Waals surface area contributed by atoms with E-state index in [1.807, 2.05) is 40.0 Å². The van der Waals surface area contributed by atoms with Crippen molar-refractivity contribution in [2.75, 3.05) is 38.0 Å². The van der Waals surface area contributed by atoms with Crippen LogP contribution in [0.1, 0.15) is 107 Å². The summed E-state index contributed by atoms with van der Waals surface area (Å²) >= 11 is 0. The highest BCUT2D eigenvalue weighted by molar-refractivity contribution is 5.81. The van der Waals surface area contributed by atoms with E-state index >= 15 is 0 Å². The summed E-state index contributed by atoms with van der Waals surface area (Å²) in [6.45, 7) is 31.1. The van der Waals surface area contributed by atoms with E-state index in [1.165, 1.54) is 35.4 Å². The van der Waals surface area contributed by atoms with Crippen LogP contribution >= 0.6 is 0 Å². The molecular weight excluding hydrogens is 637 g/mol. The molecule has 3 fully saturated rings. The Kier molecular flexibility index (Phi) is 13.2. The molecule has 0 spiro atoms. The second kappa shape index (κ2) is 17.8. The minimum Gasteiger partial charge on any atom is -0.374 e. The van der Waals surface area contributed by atoms with Gasteiger partial charge in [-0.25, -0.2) is 9.97 Å². The van der Waals surface area contributed by atoms with Gasteiger partial charge in [-0.3, -0.25) is 9.88 Å². The number of piperidine rings is 1. The number of hydrogen-bond donors (Lipinski definition) is 1. The summed E-state index contributed by atoms with van der Waals surface area (Å²) in [6.07, 6.45) is 11.4. The lowest BCUT2D eigenvalue weighted by atomic mass is 9.86. The lowest BCUT2D eigenvalue weighted by molar-refractivity contribution is 0.228. The van der Waals surface area contributed by atoms with Crippen LogP contribution in [0.4, 0.5) is 5.69 Å². The number of rotatable bonds is 11. The summed E-state index contributed by atoms with van der Waals surface area (Å²) in [5.41, 5.74) is 11.6. The summed E-state index contributed by atoms with van der Waals surface area (Å²) in [7, 11) is 0. The zero-order chi connectivity index (χ0) is 37.3. The van der Waals surface area contributed by atoms with Gasteiger partial charge in [-0.1, -0.05) is 84.7 Å². The Bertz CT molecular complexity index is 1800. The topological polar surface area (TPSA) is 57.2 Å². The van der Waals surface area contributed by atoms with Crippen LogP contribution in [-0.4, -0.2) is 57.5 Å². The van der Waals surface area contributed by atoms with E-state index in [0.29, 0.717) is 11.8 Å². The standard InChI is InChI=1S/C42H48N6.2C2H6/c1-29-7-14-38(26-39(29)31(3)37-15-21-43-40(25-37)35-10-11-35)46-32(4)42(5)18-24-47(28-42)27-30(2)48-22-16-34(17-23-48)33-8-12-36(13-9-33)41-44-19-6-20-45-41;2*1-2/h6-9,12-15,19-21,25-26,34-35,46H,2-4,10-11,16-18,22-24,27-28H2,1,5H3;2*1-2H3. The van der Waals surface area contributed by atoms with Crippen molar-refractivity contribution in [3.05, 3.63) is 138 Å². The zero-order valence-electron chi connectivity index (χ0n) is 32.6. The number of benzene rings is 2. The van der Waals surface area contributed by atoms with Gasteiger partial charge in [0.25, 0.3) is 0 Å². The second-order valence-corrected chi connectivity index (χ2v) is 14.4. The van der Waals surface area contributed by atoms with Gasteiger partial charge in [0.15, 0.2) is 5.82 Å². The van der Waals surface area contributed by atoms with Crippen molar-refractivity contribution in [2.24, 2.45) is 5.41 Å². The third-order valence-corrected chi connectivity index (χ3v) is 10.8. The largest absolute Gasteiger partial charge is 0.374 e. The average molecular weight is 697 g/mol. The van der Waals surface area contributed by atoms with Gasteiger partial charge in [-0.2, -0.15) is 0 Å². The lowest BCUT2D eigenvalue weighted by Gasteiger charge is -2.36. The molecule has 52 heavy (non-hydrogen) atoms. The van der Waals surface area contributed by atoms with E-state index in [2.05, 4.69) is 118 Å². The van der Waals surface area contributed by atoms with Crippen LogP contribution in [0.15, 0.2) is 110 Å². The molecule has 1 aliphatic carbocycles. The molecule has 1 unspecified atom stereocenters. The van der Waals surface area contributed by atoms with Crippen molar-refractivity contribution in [3.63, 3.8) is 0 Å². The maximum Gasteiger partial charge on any atom is 0.159 e. The molecule has 2 aromatic heterocycles. The van der Waals surface area contributed by atoms with Gasteiger partial charge in [0.2, 0.25) is 0 Å². The van der Waals surface area contributed by atoms with E-state index in [9.17, 15) is 0 Å². The predicted molar refractivity (Wildman–Crippen MR) is 220 cm³/mol. The number of hydrogen-bond acceptors (Lipinski definition) is 6. The Morgan fingerprint density at radius 1 is 0.808 bits per heavy atom. The smallest absolute Gasteiger partial charge is 0.159 e. The Labute approximate surface area is 313 Å². The fourth-order valence-corrected chi connectivity index (χ4v) is 7.42. The zero-order valence-corrected chi connectivity index (χ0v) is 32.6. The van der Waals surface area contributed by atoms with Gasteiger partial charge < -0.3 is 10.2 Å². The van der Waals surface area contributed by atoms with Crippen molar-refractivity contribution in [2.45, 2.75) is 85.5 Å². The maximum absolute atomic E-state index is 4.60. The van der Waals surface area contributed by atoms with Crippen LogP contribution in [-0.2, 0) is 0 Å². The first-order valence-electron chi connectivity index (χ1n) is 19.5. The Morgan fingerprint density at radius 2 is 1.50 bits per heavy atom. The van der Waals surface area contributed by atoms with Crippen molar-refractivity contribution < 1.29 is 0 Å². The molecular formula is C46H60N6. The summed E-state index contributed by atoms with van der Waals surface area (Å²) in [5.74, 6) is 1.98. The molecule has 0 radical (unpaired) electrons. The fraction of sp³-hybridized carbons (Fsp3) is 0.413. The quantitative estimate of drug-likeness (QED) is 0.168. The minimum atomic E-state index is -0.0173. The molecule has 1 atom stereocenters. The Morgan fingerprint density at radius 3 is 2.17 bits per heavy atom. The van der Waals surface area contributed by atoms with Gasteiger partial charge in [0.05, 0.1) is 0 Å². The van der Waals surface area contributed by atoms with Gasteiger partial charge in [0, 0.05) is 84.4 Å². The summed E-state index contributed by atoms with van der Waals surface area (Å²) in [6, 6.07) is 21.6. The van der Waals surface area contributed by atoms with Crippen molar-refractivity contribution >= 4 is 11.3 Å². The highest BCUT2D eigenvalue weighted by atomic mass is 15.2. The number of pyridine rings is 1. The first-order chi connectivity index (χ1) is 25.3. The summed E-state index contributed by atoms with van der Waals surface area (Å²) in [4.78, 5) is 18.4. The van der Waals surface area contributed by atoms with Gasteiger partial charge in [0.1, 0.15) is 0 Å². The van der Waals surface area contributed by atoms with E-state index < -0.39 is 0 Å².